The van der Waals surface area contributed by atoms with Crippen molar-refractivity contribution in [3.63, 3.8) is 0 Å². The summed E-state index contributed by atoms with van der Waals surface area (Å²) in [7, 11) is -3.10. The number of sulfonamides is 1. The normalized spacial score (nSPS) is 15.2. The van der Waals surface area contributed by atoms with Crippen molar-refractivity contribution in [3.8, 4) is 0 Å². The van der Waals surface area contributed by atoms with Crippen molar-refractivity contribution in [1.29, 1.82) is 0 Å². The molecule has 1 aromatic rings. The molecule has 0 spiro atoms. The highest BCUT2D eigenvalue weighted by atomic mass is 32.2. The maximum Gasteiger partial charge on any atom is 0.211 e. The molecule has 1 aliphatic carbocycles. The standard InChI is InChI=1S/C16H26N2O2S/c19-21(20,14-5-4-12-17-16-10-11-16)18-13-6-9-15-7-2-1-3-8-15/h1-3,7-8,16-18H,4-6,9-14H2. The fourth-order valence-electron chi connectivity index (χ4n) is 2.25. The molecule has 1 saturated carbocycles. The Kier molecular flexibility index (Phi) is 6.67. The van der Waals surface area contributed by atoms with Gasteiger partial charge in [0.2, 0.25) is 10.0 Å². The first-order chi connectivity index (χ1) is 10.2. The summed E-state index contributed by atoms with van der Waals surface area (Å²) in [5.74, 6) is 0.241. The van der Waals surface area contributed by atoms with E-state index in [1.54, 1.807) is 0 Å². The molecule has 0 aliphatic heterocycles. The molecular formula is C16H26N2O2S. The summed E-state index contributed by atoms with van der Waals surface area (Å²) in [5.41, 5.74) is 1.25. The fraction of sp³-hybridized carbons (Fsp3) is 0.625. The monoisotopic (exact) mass is 310 g/mol. The Labute approximate surface area is 128 Å². The highest BCUT2D eigenvalue weighted by molar-refractivity contribution is 7.89. The highest BCUT2D eigenvalue weighted by Gasteiger charge is 2.19. The second-order valence-electron chi connectivity index (χ2n) is 5.74. The van der Waals surface area contributed by atoms with Crippen molar-refractivity contribution in [3.05, 3.63) is 35.9 Å². The lowest BCUT2D eigenvalue weighted by Gasteiger charge is -2.07. The zero-order chi connectivity index (χ0) is 15.0. The molecule has 0 atom stereocenters. The summed E-state index contributed by atoms with van der Waals surface area (Å²) in [5, 5.41) is 3.40. The van der Waals surface area contributed by atoms with E-state index in [9.17, 15) is 8.42 Å². The number of rotatable bonds is 11. The van der Waals surface area contributed by atoms with Crippen LogP contribution in [0.2, 0.25) is 0 Å². The molecule has 2 rings (SSSR count). The molecule has 21 heavy (non-hydrogen) atoms. The Morgan fingerprint density at radius 3 is 2.48 bits per heavy atom. The van der Waals surface area contributed by atoms with E-state index in [0.717, 1.165) is 32.2 Å². The SMILES string of the molecule is O=S(=O)(CCCCNC1CC1)NCCCc1ccccc1. The Hall–Kier alpha value is -0.910. The molecule has 1 aliphatic rings. The van der Waals surface area contributed by atoms with Gasteiger partial charge in [-0.3, -0.25) is 0 Å². The number of aryl methyl sites for hydroxylation is 1. The van der Waals surface area contributed by atoms with E-state index in [1.165, 1.54) is 18.4 Å². The minimum absolute atomic E-state index is 0.241. The molecule has 5 heteroatoms. The first kappa shape index (κ1) is 16.5. The first-order valence-corrected chi connectivity index (χ1v) is 9.55. The van der Waals surface area contributed by atoms with Crippen LogP contribution in [-0.2, 0) is 16.4 Å². The molecular weight excluding hydrogens is 284 g/mol. The van der Waals surface area contributed by atoms with E-state index in [4.69, 9.17) is 0 Å². The molecule has 0 bridgehead atoms. The zero-order valence-electron chi connectivity index (χ0n) is 12.6. The molecule has 1 aromatic carbocycles. The molecule has 0 unspecified atom stereocenters. The van der Waals surface area contributed by atoms with E-state index >= 15 is 0 Å². The van der Waals surface area contributed by atoms with E-state index in [0.29, 0.717) is 12.6 Å². The van der Waals surface area contributed by atoms with E-state index in [2.05, 4.69) is 22.2 Å². The summed E-state index contributed by atoms with van der Waals surface area (Å²) in [6.45, 7) is 1.46. The van der Waals surface area contributed by atoms with Gasteiger partial charge in [0.1, 0.15) is 0 Å². The third-order valence-corrected chi connectivity index (χ3v) is 5.13. The molecule has 2 N–H and O–H groups in total. The van der Waals surface area contributed by atoms with Crippen LogP contribution in [0.25, 0.3) is 0 Å². The summed E-state index contributed by atoms with van der Waals surface area (Å²) in [6.07, 6.45) is 5.97. The van der Waals surface area contributed by atoms with Gasteiger partial charge in [-0.1, -0.05) is 30.3 Å². The average molecular weight is 310 g/mol. The molecule has 0 radical (unpaired) electrons. The summed E-state index contributed by atoms with van der Waals surface area (Å²) < 4.78 is 26.3. The van der Waals surface area contributed by atoms with Crippen LogP contribution in [0.1, 0.15) is 37.7 Å². The number of nitrogens with one attached hydrogen (secondary N) is 2. The average Bonchev–Trinajstić information content (AvgIpc) is 3.29. The lowest BCUT2D eigenvalue weighted by molar-refractivity contribution is 0.571. The van der Waals surface area contributed by atoms with Gasteiger partial charge in [0, 0.05) is 12.6 Å². The second-order valence-corrected chi connectivity index (χ2v) is 7.66. The lowest BCUT2D eigenvalue weighted by Crippen LogP contribution is -2.28. The van der Waals surface area contributed by atoms with E-state index < -0.39 is 10.0 Å². The van der Waals surface area contributed by atoms with Crippen molar-refractivity contribution < 1.29 is 8.42 Å². The molecule has 4 nitrogen and oxygen atoms in total. The molecule has 0 heterocycles. The quantitative estimate of drug-likeness (QED) is 0.615. The van der Waals surface area contributed by atoms with Crippen LogP contribution in [0, 0.1) is 0 Å². The van der Waals surface area contributed by atoms with Gasteiger partial charge in [-0.15, -0.1) is 0 Å². The molecule has 118 valence electrons. The fourth-order valence-corrected chi connectivity index (χ4v) is 3.43. The Bertz CT molecular complexity index is 498. The molecule has 0 aromatic heterocycles. The zero-order valence-corrected chi connectivity index (χ0v) is 13.4. The van der Waals surface area contributed by atoms with Crippen LogP contribution in [0.3, 0.4) is 0 Å². The van der Waals surface area contributed by atoms with Crippen LogP contribution < -0.4 is 10.0 Å². The maximum absolute atomic E-state index is 11.8. The molecule has 0 saturated heterocycles. The third-order valence-electron chi connectivity index (χ3n) is 3.66. The maximum atomic E-state index is 11.8. The van der Waals surface area contributed by atoms with Crippen LogP contribution in [0.5, 0.6) is 0 Å². The van der Waals surface area contributed by atoms with Crippen molar-refractivity contribution >= 4 is 10.0 Å². The van der Waals surface area contributed by atoms with Gasteiger partial charge in [0.15, 0.2) is 0 Å². The topological polar surface area (TPSA) is 58.2 Å². The summed E-state index contributed by atoms with van der Waals surface area (Å²) in [6, 6.07) is 10.9. The van der Waals surface area contributed by atoms with Gasteiger partial charge in [-0.25, -0.2) is 13.1 Å². The van der Waals surface area contributed by atoms with Crippen molar-refractivity contribution in [2.75, 3.05) is 18.8 Å². The highest BCUT2D eigenvalue weighted by Crippen LogP contribution is 2.18. The summed E-state index contributed by atoms with van der Waals surface area (Å²) >= 11 is 0. The number of hydrogen-bond acceptors (Lipinski definition) is 3. The van der Waals surface area contributed by atoms with Crippen molar-refractivity contribution in [1.82, 2.24) is 10.0 Å². The van der Waals surface area contributed by atoms with Gasteiger partial charge >= 0.3 is 0 Å². The predicted octanol–water partition coefficient (Wildman–Crippen LogP) is 2.07. The van der Waals surface area contributed by atoms with Gasteiger partial charge in [-0.2, -0.15) is 0 Å². The minimum atomic E-state index is -3.10. The third kappa shape index (κ3) is 7.60. The smallest absolute Gasteiger partial charge is 0.211 e. The molecule has 1 fully saturated rings. The predicted molar refractivity (Wildman–Crippen MR) is 86.8 cm³/mol. The van der Waals surface area contributed by atoms with Crippen LogP contribution in [-0.4, -0.2) is 33.3 Å². The van der Waals surface area contributed by atoms with E-state index in [1.807, 2.05) is 18.2 Å². The first-order valence-electron chi connectivity index (χ1n) is 7.90. The molecule has 0 amide bonds. The lowest BCUT2D eigenvalue weighted by atomic mass is 10.1. The largest absolute Gasteiger partial charge is 0.314 e. The van der Waals surface area contributed by atoms with Crippen molar-refractivity contribution in [2.24, 2.45) is 0 Å². The number of benzene rings is 1. The van der Waals surface area contributed by atoms with Crippen LogP contribution in [0.4, 0.5) is 0 Å². The van der Waals surface area contributed by atoms with Gasteiger partial charge in [0.05, 0.1) is 5.75 Å². The Morgan fingerprint density at radius 1 is 1.00 bits per heavy atom. The van der Waals surface area contributed by atoms with Gasteiger partial charge in [0.25, 0.3) is 0 Å². The minimum Gasteiger partial charge on any atom is -0.314 e. The van der Waals surface area contributed by atoms with Crippen LogP contribution in [0.15, 0.2) is 30.3 Å². The number of hydrogen-bond donors (Lipinski definition) is 2. The van der Waals surface area contributed by atoms with Gasteiger partial charge in [-0.05, 0) is 50.6 Å². The van der Waals surface area contributed by atoms with E-state index in [-0.39, 0.29) is 5.75 Å². The Morgan fingerprint density at radius 2 is 1.76 bits per heavy atom. The van der Waals surface area contributed by atoms with Gasteiger partial charge < -0.3 is 5.32 Å². The van der Waals surface area contributed by atoms with Crippen LogP contribution >= 0.6 is 0 Å². The number of unbranched alkanes of at least 4 members (excludes halogenated alkanes) is 1. The summed E-state index contributed by atoms with van der Waals surface area (Å²) in [4.78, 5) is 0. The second kappa shape index (κ2) is 8.51. The Balaban J connectivity index is 1.51. The van der Waals surface area contributed by atoms with Crippen molar-refractivity contribution in [2.45, 2.75) is 44.6 Å².